The van der Waals surface area contributed by atoms with Crippen molar-refractivity contribution in [3.63, 3.8) is 0 Å². The van der Waals surface area contributed by atoms with E-state index in [2.05, 4.69) is 0 Å². The molecule has 0 saturated heterocycles. The van der Waals surface area contributed by atoms with Gasteiger partial charge in [-0.1, -0.05) is 23.9 Å². The van der Waals surface area contributed by atoms with Crippen LogP contribution in [0, 0.1) is 30.3 Å². The molecule has 10 nitrogen and oxygen atoms in total. The van der Waals surface area contributed by atoms with Gasteiger partial charge in [0.05, 0.1) is 31.8 Å². The van der Waals surface area contributed by atoms with Crippen molar-refractivity contribution in [1.29, 1.82) is 0 Å². The van der Waals surface area contributed by atoms with Gasteiger partial charge < -0.3 is 5.11 Å². The second kappa shape index (κ2) is 6.27. The molecular formula is C12H7N3O7S. The summed E-state index contributed by atoms with van der Waals surface area (Å²) in [4.78, 5) is 30.0. The molecule has 23 heavy (non-hydrogen) atoms. The predicted octanol–water partition coefficient (Wildman–Crippen LogP) is 3.27. The SMILES string of the molecule is O=[N+]([O-])c1cc([N+](=O)[O-])c(Sc2ccccc2O)c([N+](=O)[O-])c1. The molecule has 0 atom stereocenters. The quantitative estimate of drug-likeness (QED) is 0.645. The number of nitro benzene ring substituents is 3. The zero-order chi connectivity index (χ0) is 17.1. The molecule has 0 aliphatic rings. The van der Waals surface area contributed by atoms with E-state index in [0.717, 1.165) is 0 Å². The normalized spacial score (nSPS) is 10.3. The van der Waals surface area contributed by atoms with Crippen molar-refractivity contribution in [2.24, 2.45) is 0 Å². The zero-order valence-electron chi connectivity index (χ0n) is 11.1. The van der Waals surface area contributed by atoms with Gasteiger partial charge in [0.25, 0.3) is 17.1 Å². The van der Waals surface area contributed by atoms with Gasteiger partial charge in [0, 0.05) is 0 Å². The van der Waals surface area contributed by atoms with Crippen molar-refractivity contribution in [2.45, 2.75) is 9.79 Å². The number of aromatic hydroxyl groups is 1. The number of benzene rings is 2. The predicted molar refractivity (Wildman–Crippen MR) is 78.6 cm³/mol. The first-order valence-corrected chi connectivity index (χ1v) is 6.70. The van der Waals surface area contributed by atoms with Crippen LogP contribution in [0.15, 0.2) is 46.2 Å². The van der Waals surface area contributed by atoms with Crippen LogP contribution in [0.3, 0.4) is 0 Å². The Labute approximate surface area is 131 Å². The highest BCUT2D eigenvalue weighted by Gasteiger charge is 2.31. The van der Waals surface area contributed by atoms with E-state index in [-0.39, 0.29) is 10.6 Å². The Morgan fingerprint density at radius 2 is 1.39 bits per heavy atom. The van der Waals surface area contributed by atoms with Gasteiger partial charge in [-0.3, -0.25) is 30.3 Å². The largest absolute Gasteiger partial charge is 0.507 e. The Morgan fingerprint density at radius 3 is 1.83 bits per heavy atom. The lowest BCUT2D eigenvalue weighted by Crippen LogP contribution is -1.99. The molecule has 0 spiro atoms. The zero-order valence-corrected chi connectivity index (χ0v) is 11.9. The van der Waals surface area contributed by atoms with E-state index < -0.39 is 36.7 Å². The fraction of sp³-hybridized carbons (Fsp3) is 0. The fourth-order valence-corrected chi connectivity index (χ4v) is 2.73. The Morgan fingerprint density at radius 1 is 0.870 bits per heavy atom. The van der Waals surface area contributed by atoms with Gasteiger partial charge in [-0.15, -0.1) is 0 Å². The molecule has 0 radical (unpaired) electrons. The van der Waals surface area contributed by atoms with Crippen molar-refractivity contribution < 1.29 is 19.9 Å². The topological polar surface area (TPSA) is 150 Å². The third-order valence-electron chi connectivity index (χ3n) is 2.72. The highest BCUT2D eigenvalue weighted by atomic mass is 32.2. The second-order valence-electron chi connectivity index (χ2n) is 4.15. The first-order chi connectivity index (χ1) is 10.8. The molecule has 2 aromatic carbocycles. The summed E-state index contributed by atoms with van der Waals surface area (Å²) < 4.78 is 0. The molecule has 118 valence electrons. The van der Waals surface area contributed by atoms with E-state index >= 15 is 0 Å². The minimum Gasteiger partial charge on any atom is -0.507 e. The number of rotatable bonds is 5. The number of phenolic OH excluding ortho intramolecular Hbond substituents is 1. The molecule has 0 aliphatic heterocycles. The Kier molecular flexibility index (Phi) is 4.41. The lowest BCUT2D eigenvalue weighted by Gasteiger charge is -2.06. The lowest BCUT2D eigenvalue weighted by atomic mass is 10.2. The van der Waals surface area contributed by atoms with Crippen molar-refractivity contribution >= 4 is 28.8 Å². The summed E-state index contributed by atoms with van der Waals surface area (Å²) in [6, 6.07) is 7.06. The number of hydrogen-bond donors (Lipinski definition) is 1. The van der Waals surface area contributed by atoms with Crippen molar-refractivity contribution in [3.8, 4) is 5.75 Å². The molecule has 0 fully saturated rings. The minimum absolute atomic E-state index is 0.146. The Bertz CT molecular complexity index is 789. The first-order valence-electron chi connectivity index (χ1n) is 5.88. The third kappa shape index (κ3) is 3.35. The van der Waals surface area contributed by atoms with Gasteiger partial charge in [-0.05, 0) is 12.1 Å². The van der Waals surface area contributed by atoms with E-state index in [1.165, 1.54) is 24.3 Å². The third-order valence-corrected chi connectivity index (χ3v) is 3.90. The van der Waals surface area contributed by atoms with E-state index in [0.29, 0.717) is 23.9 Å². The number of phenols is 1. The molecule has 0 unspecified atom stereocenters. The molecule has 0 aromatic heterocycles. The van der Waals surface area contributed by atoms with Crippen molar-refractivity contribution in [3.05, 3.63) is 66.7 Å². The number of non-ortho nitro benzene ring substituents is 1. The van der Waals surface area contributed by atoms with Crippen LogP contribution < -0.4 is 0 Å². The van der Waals surface area contributed by atoms with Crippen LogP contribution in [-0.4, -0.2) is 19.9 Å². The molecule has 11 heteroatoms. The lowest BCUT2D eigenvalue weighted by molar-refractivity contribution is -0.407. The first kappa shape index (κ1) is 16.2. The van der Waals surface area contributed by atoms with Gasteiger partial charge in [-0.25, -0.2) is 0 Å². The molecule has 2 rings (SSSR count). The van der Waals surface area contributed by atoms with Crippen molar-refractivity contribution in [1.82, 2.24) is 0 Å². The molecular weight excluding hydrogens is 330 g/mol. The maximum absolute atomic E-state index is 11.1. The average molecular weight is 337 g/mol. The molecule has 1 N–H and O–H groups in total. The summed E-state index contributed by atoms with van der Waals surface area (Å²) in [7, 11) is 0. The van der Waals surface area contributed by atoms with Gasteiger partial charge in [0.1, 0.15) is 5.75 Å². The molecule has 2 aromatic rings. The monoisotopic (exact) mass is 337 g/mol. The van der Waals surface area contributed by atoms with Crippen LogP contribution in [0.5, 0.6) is 5.75 Å². The summed E-state index contributed by atoms with van der Waals surface area (Å²) in [5.41, 5.74) is -2.32. The van der Waals surface area contributed by atoms with E-state index in [1.807, 2.05) is 0 Å². The van der Waals surface area contributed by atoms with Crippen LogP contribution in [0.4, 0.5) is 17.1 Å². The molecule has 0 bridgehead atoms. The number of hydrogen-bond acceptors (Lipinski definition) is 8. The molecule has 0 saturated carbocycles. The van der Waals surface area contributed by atoms with Crippen LogP contribution in [0.2, 0.25) is 0 Å². The van der Waals surface area contributed by atoms with E-state index in [1.54, 1.807) is 0 Å². The second-order valence-corrected chi connectivity index (χ2v) is 5.21. The summed E-state index contributed by atoms with van der Waals surface area (Å²) in [6.07, 6.45) is 0. The number of nitro groups is 3. The Balaban J connectivity index is 2.69. The smallest absolute Gasteiger partial charge is 0.297 e. The number of para-hydroxylation sites is 1. The fourth-order valence-electron chi connectivity index (χ4n) is 1.72. The van der Waals surface area contributed by atoms with Crippen molar-refractivity contribution in [2.75, 3.05) is 0 Å². The van der Waals surface area contributed by atoms with E-state index in [9.17, 15) is 35.4 Å². The highest BCUT2D eigenvalue weighted by Crippen LogP contribution is 2.45. The van der Waals surface area contributed by atoms with Crippen LogP contribution >= 0.6 is 11.8 Å². The minimum atomic E-state index is -0.950. The van der Waals surface area contributed by atoms with Gasteiger partial charge in [0.15, 0.2) is 4.90 Å². The van der Waals surface area contributed by atoms with Gasteiger partial charge in [-0.2, -0.15) is 0 Å². The highest BCUT2D eigenvalue weighted by molar-refractivity contribution is 7.99. The van der Waals surface area contributed by atoms with Gasteiger partial charge >= 0.3 is 0 Å². The maximum atomic E-state index is 11.1. The molecule has 0 amide bonds. The summed E-state index contributed by atoms with van der Waals surface area (Å²) in [6.45, 7) is 0. The molecule has 0 aliphatic carbocycles. The maximum Gasteiger partial charge on any atom is 0.297 e. The Hall–Kier alpha value is -3.21. The van der Waals surface area contributed by atoms with Crippen LogP contribution in [-0.2, 0) is 0 Å². The number of nitrogens with zero attached hydrogens (tertiary/aromatic N) is 3. The summed E-state index contributed by atoms with van der Waals surface area (Å²) in [5.74, 6) is -0.223. The van der Waals surface area contributed by atoms with Crippen LogP contribution in [0.25, 0.3) is 0 Å². The summed E-state index contributed by atoms with van der Waals surface area (Å²) >= 11 is 0.589. The van der Waals surface area contributed by atoms with Crippen LogP contribution in [0.1, 0.15) is 0 Å². The van der Waals surface area contributed by atoms with E-state index in [4.69, 9.17) is 0 Å². The average Bonchev–Trinajstić information content (AvgIpc) is 2.48. The summed E-state index contributed by atoms with van der Waals surface area (Å²) in [5, 5.41) is 42.8. The standard InChI is InChI=1S/C12H7N3O7S/c16-10-3-1-2-4-11(10)23-12-8(14(19)20)5-7(13(17)18)6-9(12)15(21)22/h1-6,16H. The van der Waals surface area contributed by atoms with Gasteiger partial charge in [0.2, 0.25) is 0 Å². The molecule has 0 heterocycles.